The second-order valence-electron chi connectivity index (χ2n) is 8.57. The van der Waals surface area contributed by atoms with Gasteiger partial charge < -0.3 is 10.1 Å². The Kier molecular flexibility index (Phi) is 8.26. The van der Waals surface area contributed by atoms with Crippen LogP contribution in [0.3, 0.4) is 0 Å². The SMILES string of the molecule is O=NC(=O)c1cc(OCc2ccccc2C2=C(Cl)C=CCC=C2)n(CC(=O)NC2CCCCC2)n1. The third-order valence-corrected chi connectivity index (χ3v) is 6.40. The molecule has 0 spiro atoms. The number of allylic oxidation sites excluding steroid dienone is 6. The lowest BCUT2D eigenvalue weighted by Crippen LogP contribution is -2.38. The molecule has 9 heteroatoms. The summed E-state index contributed by atoms with van der Waals surface area (Å²) in [5.74, 6) is -1.05. The van der Waals surface area contributed by atoms with Crippen LogP contribution in [0.1, 0.15) is 60.1 Å². The Labute approximate surface area is 208 Å². The zero-order chi connectivity index (χ0) is 24.6. The molecule has 1 saturated carbocycles. The van der Waals surface area contributed by atoms with E-state index in [1.165, 1.54) is 17.2 Å². The number of carbonyl (C=O) groups excluding carboxylic acids is 2. The van der Waals surface area contributed by atoms with Crippen LogP contribution in [-0.2, 0) is 17.9 Å². The van der Waals surface area contributed by atoms with E-state index in [2.05, 4.69) is 15.6 Å². The van der Waals surface area contributed by atoms with Crippen LogP contribution in [0.25, 0.3) is 5.57 Å². The Hall–Kier alpha value is -3.52. The highest BCUT2D eigenvalue weighted by Crippen LogP contribution is 2.29. The van der Waals surface area contributed by atoms with Crippen molar-refractivity contribution in [2.24, 2.45) is 5.18 Å². The summed E-state index contributed by atoms with van der Waals surface area (Å²) in [4.78, 5) is 35.3. The Balaban J connectivity index is 1.54. The topological polar surface area (TPSA) is 103 Å². The fraction of sp³-hybridized carbons (Fsp3) is 0.346. The Morgan fingerprint density at radius 2 is 1.91 bits per heavy atom. The minimum Gasteiger partial charge on any atom is -0.473 e. The summed E-state index contributed by atoms with van der Waals surface area (Å²) < 4.78 is 7.30. The van der Waals surface area contributed by atoms with Crippen molar-refractivity contribution >= 4 is 29.0 Å². The first-order chi connectivity index (χ1) is 17.0. The van der Waals surface area contributed by atoms with Gasteiger partial charge in [0.15, 0.2) is 5.69 Å². The number of nitrogens with one attached hydrogen (secondary N) is 1. The van der Waals surface area contributed by atoms with Gasteiger partial charge in [0.1, 0.15) is 13.2 Å². The van der Waals surface area contributed by atoms with E-state index in [-0.39, 0.29) is 36.7 Å². The van der Waals surface area contributed by atoms with E-state index >= 15 is 0 Å². The molecule has 0 aliphatic heterocycles. The number of ether oxygens (including phenoxy) is 1. The lowest BCUT2D eigenvalue weighted by Gasteiger charge is -2.22. The molecule has 2 amide bonds. The molecule has 8 nitrogen and oxygen atoms in total. The van der Waals surface area contributed by atoms with Gasteiger partial charge in [-0.1, -0.05) is 73.4 Å². The van der Waals surface area contributed by atoms with Gasteiger partial charge in [-0.2, -0.15) is 5.10 Å². The van der Waals surface area contributed by atoms with Crippen LogP contribution in [0, 0.1) is 4.91 Å². The Bertz CT molecular complexity index is 1190. The average Bonchev–Trinajstić information content (AvgIpc) is 3.14. The number of halogens is 1. The highest BCUT2D eigenvalue weighted by molar-refractivity contribution is 6.35. The van der Waals surface area contributed by atoms with Crippen LogP contribution in [0.2, 0.25) is 0 Å². The number of nitrogens with zero attached hydrogens (tertiary/aromatic N) is 3. The number of aromatic nitrogens is 2. The molecule has 2 aromatic rings. The molecule has 182 valence electrons. The van der Waals surface area contributed by atoms with Crippen molar-refractivity contribution in [2.75, 3.05) is 0 Å². The monoisotopic (exact) mass is 494 g/mol. The highest BCUT2D eigenvalue weighted by Gasteiger charge is 2.21. The third-order valence-electron chi connectivity index (χ3n) is 6.07. The fourth-order valence-electron chi connectivity index (χ4n) is 4.32. The van der Waals surface area contributed by atoms with Crippen LogP contribution in [0.5, 0.6) is 5.88 Å². The molecule has 35 heavy (non-hydrogen) atoms. The molecule has 1 aromatic heterocycles. The van der Waals surface area contributed by atoms with Gasteiger partial charge in [0, 0.05) is 27.9 Å². The molecule has 0 saturated heterocycles. The molecule has 1 aromatic carbocycles. The van der Waals surface area contributed by atoms with Crippen LogP contribution < -0.4 is 10.1 Å². The number of nitroso groups, excluding NO2 is 1. The molecular weight excluding hydrogens is 468 g/mol. The molecule has 0 atom stereocenters. The molecule has 1 fully saturated rings. The number of hydrogen-bond donors (Lipinski definition) is 1. The summed E-state index contributed by atoms with van der Waals surface area (Å²) >= 11 is 6.49. The number of rotatable bonds is 8. The summed E-state index contributed by atoms with van der Waals surface area (Å²) in [5, 5.41) is 10.2. The first kappa shape index (κ1) is 24.6. The maximum absolute atomic E-state index is 12.7. The van der Waals surface area contributed by atoms with Gasteiger partial charge in [0.2, 0.25) is 11.8 Å². The lowest BCUT2D eigenvalue weighted by atomic mass is 9.95. The maximum Gasteiger partial charge on any atom is 0.337 e. The summed E-state index contributed by atoms with van der Waals surface area (Å²) in [6.45, 7) is 0.00358. The Morgan fingerprint density at radius 1 is 1.14 bits per heavy atom. The van der Waals surface area contributed by atoms with E-state index in [0.29, 0.717) is 5.03 Å². The van der Waals surface area contributed by atoms with Gasteiger partial charge in [-0.05, 0) is 36.5 Å². The van der Waals surface area contributed by atoms with Gasteiger partial charge in [0.25, 0.3) is 0 Å². The summed E-state index contributed by atoms with van der Waals surface area (Å²) in [6, 6.07) is 9.17. The summed E-state index contributed by atoms with van der Waals surface area (Å²) in [5.41, 5.74) is 2.48. The van der Waals surface area contributed by atoms with E-state index in [1.54, 1.807) is 0 Å². The average molecular weight is 495 g/mol. The highest BCUT2D eigenvalue weighted by atomic mass is 35.5. The van der Waals surface area contributed by atoms with Gasteiger partial charge in [0.05, 0.1) is 0 Å². The van der Waals surface area contributed by atoms with Crippen molar-refractivity contribution in [2.45, 2.75) is 57.7 Å². The molecule has 0 radical (unpaired) electrons. The summed E-state index contributed by atoms with van der Waals surface area (Å²) in [6.07, 6.45) is 13.9. The molecule has 2 aliphatic rings. The van der Waals surface area contributed by atoms with Gasteiger partial charge in [-0.25, -0.2) is 4.68 Å². The van der Waals surface area contributed by atoms with E-state index in [1.807, 2.05) is 48.6 Å². The van der Waals surface area contributed by atoms with Crippen molar-refractivity contribution in [3.63, 3.8) is 0 Å². The molecule has 2 aliphatic carbocycles. The second-order valence-corrected chi connectivity index (χ2v) is 8.98. The van der Waals surface area contributed by atoms with Crippen molar-refractivity contribution in [3.8, 4) is 5.88 Å². The predicted molar refractivity (Wildman–Crippen MR) is 134 cm³/mol. The fourth-order valence-corrected chi connectivity index (χ4v) is 4.57. The van der Waals surface area contributed by atoms with Crippen molar-refractivity contribution < 1.29 is 14.3 Å². The van der Waals surface area contributed by atoms with Gasteiger partial charge in [-0.15, -0.1) is 4.91 Å². The predicted octanol–water partition coefficient (Wildman–Crippen LogP) is 5.28. The van der Waals surface area contributed by atoms with E-state index in [0.717, 1.165) is 48.8 Å². The molecule has 0 bridgehead atoms. The van der Waals surface area contributed by atoms with E-state index in [4.69, 9.17) is 16.3 Å². The molecule has 0 unspecified atom stereocenters. The quantitative estimate of drug-likeness (QED) is 0.502. The number of carbonyl (C=O) groups is 2. The Morgan fingerprint density at radius 3 is 2.71 bits per heavy atom. The first-order valence-electron chi connectivity index (χ1n) is 11.7. The molecule has 1 heterocycles. The lowest BCUT2D eigenvalue weighted by molar-refractivity contribution is -0.122. The molecular formula is C26H27ClN4O4. The largest absolute Gasteiger partial charge is 0.473 e. The minimum absolute atomic E-state index is 0.135. The third kappa shape index (κ3) is 6.33. The van der Waals surface area contributed by atoms with Crippen LogP contribution in [0.15, 0.2) is 64.8 Å². The van der Waals surface area contributed by atoms with Crippen molar-refractivity contribution in [1.82, 2.24) is 15.1 Å². The standard InChI is InChI=1S/C26H27ClN4O4/c27-22-14-6-2-5-13-21(22)20-12-8-7-9-18(20)17-35-25-15-23(26(33)30-34)29-31(25)16-24(32)28-19-10-3-1-4-11-19/h5-9,12-15,19H,1-4,10-11,16-17H2,(H,28,32). The number of amides is 2. The van der Waals surface area contributed by atoms with Crippen LogP contribution >= 0.6 is 11.6 Å². The summed E-state index contributed by atoms with van der Waals surface area (Å²) in [7, 11) is 0. The van der Waals surface area contributed by atoms with Crippen LogP contribution in [0.4, 0.5) is 0 Å². The molecule has 4 rings (SSSR count). The second kappa shape index (κ2) is 11.8. The van der Waals surface area contributed by atoms with E-state index < -0.39 is 5.91 Å². The van der Waals surface area contributed by atoms with Crippen LogP contribution in [-0.4, -0.2) is 27.6 Å². The smallest absolute Gasteiger partial charge is 0.337 e. The first-order valence-corrected chi connectivity index (χ1v) is 12.1. The number of hydrogen-bond acceptors (Lipinski definition) is 5. The van der Waals surface area contributed by atoms with Gasteiger partial charge in [-0.3, -0.25) is 9.59 Å². The normalized spacial score (nSPS) is 16.1. The number of benzene rings is 1. The zero-order valence-electron chi connectivity index (χ0n) is 19.3. The molecule has 1 N–H and O–H groups in total. The minimum atomic E-state index is -1.02. The maximum atomic E-state index is 12.7. The van der Waals surface area contributed by atoms with Crippen molar-refractivity contribution in [1.29, 1.82) is 0 Å². The van der Waals surface area contributed by atoms with Crippen molar-refractivity contribution in [3.05, 3.63) is 81.4 Å². The van der Waals surface area contributed by atoms with Gasteiger partial charge >= 0.3 is 5.91 Å². The zero-order valence-corrected chi connectivity index (χ0v) is 20.0. The van der Waals surface area contributed by atoms with E-state index in [9.17, 15) is 14.5 Å².